The molecule has 1 atom stereocenters. The Labute approximate surface area is 243 Å². The molecule has 1 aromatic heterocycles. The van der Waals surface area contributed by atoms with Crippen LogP contribution in [0, 0.1) is 0 Å². The Morgan fingerprint density at radius 3 is 2.00 bits per heavy atom. The van der Waals surface area contributed by atoms with Crippen LogP contribution in [-0.2, 0) is 5.41 Å². The van der Waals surface area contributed by atoms with Crippen LogP contribution in [0.15, 0.2) is 152 Å². The zero-order chi connectivity index (χ0) is 27.4. The lowest BCUT2D eigenvalue weighted by Gasteiger charge is -2.37. The Hall–Kier alpha value is -5.40. The minimum Gasteiger partial charge on any atom is -0.309 e. The fraction of sp³-hybridized carbons (Fsp3) is 0.0244. The van der Waals surface area contributed by atoms with Crippen LogP contribution in [-0.4, -0.2) is 4.57 Å². The molecule has 8 aromatic rings. The summed E-state index contributed by atoms with van der Waals surface area (Å²) in [4.78, 5) is 0. The van der Waals surface area contributed by atoms with Crippen LogP contribution in [0.2, 0.25) is 0 Å². The van der Waals surface area contributed by atoms with Gasteiger partial charge in [-0.05, 0) is 79.5 Å². The molecule has 1 unspecified atom stereocenters. The van der Waals surface area contributed by atoms with Crippen molar-refractivity contribution in [1.82, 2.24) is 4.57 Å². The van der Waals surface area contributed by atoms with E-state index in [4.69, 9.17) is 0 Å². The van der Waals surface area contributed by atoms with Gasteiger partial charge in [0.1, 0.15) is 0 Å². The predicted octanol–water partition coefficient (Wildman–Crippen LogP) is 10.3. The summed E-state index contributed by atoms with van der Waals surface area (Å²) in [6, 6.07) is 56.3. The van der Waals surface area contributed by atoms with E-state index in [0.29, 0.717) is 0 Å². The number of rotatable bonds is 3. The maximum absolute atomic E-state index is 2.50. The van der Waals surface area contributed by atoms with Crippen LogP contribution >= 0.6 is 0 Å². The van der Waals surface area contributed by atoms with Crippen molar-refractivity contribution in [3.05, 3.63) is 174 Å². The van der Waals surface area contributed by atoms with Gasteiger partial charge in [-0.3, -0.25) is 0 Å². The van der Waals surface area contributed by atoms with Crippen LogP contribution in [0.1, 0.15) is 22.3 Å². The van der Waals surface area contributed by atoms with Crippen LogP contribution in [0.3, 0.4) is 0 Å². The van der Waals surface area contributed by atoms with E-state index in [1.807, 2.05) is 0 Å². The van der Waals surface area contributed by atoms with Crippen molar-refractivity contribution < 1.29 is 0 Å². The zero-order valence-corrected chi connectivity index (χ0v) is 22.9. The number of nitrogens with zero attached hydrogens (tertiary/aromatic N) is 1. The molecule has 194 valence electrons. The molecular weight excluding hydrogens is 506 g/mol. The first-order valence-electron chi connectivity index (χ1n) is 14.7. The van der Waals surface area contributed by atoms with Gasteiger partial charge in [0.05, 0.1) is 16.4 Å². The molecule has 1 nitrogen and oxygen atoms in total. The molecule has 0 aliphatic heterocycles. The van der Waals surface area contributed by atoms with Crippen molar-refractivity contribution in [3.63, 3.8) is 0 Å². The van der Waals surface area contributed by atoms with E-state index in [-0.39, 0.29) is 5.41 Å². The third-order valence-electron chi connectivity index (χ3n) is 9.76. The van der Waals surface area contributed by atoms with Gasteiger partial charge in [-0.15, -0.1) is 0 Å². The molecule has 0 amide bonds. The Kier molecular flexibility index (Phi) is 4.18. The molecule has 0 spiro atoms. The van der Waals surface area contributed by atoms with Gasteiger partial charge in [0.2, 0.25) is 0 Å². The summed E-state index contributed by atoms with van der Waals surface area (Å²) in [5.41, 5.74) is 14.0. The topological polar surface area (TPSA) is 4.93 Å². The van der Waals surface area contributed by atoms with E-state index in [2.05, 4.69) is 156 Å². The van der Waals surface area contributed by atoms with Gasteiger partial charge in [-0.1, -0.05) is 127 Å². The molecule has 42 heavy (non-hydrogen) atoms. The van der Waals surface area contributed by atoms with Gasteiger partial charge >= 0.3 is 0 Å². The standard InChI is InChI=1S/C41H25N/c1-3-11-26(12-4-1)28-14-9-17-30(25-28)42-35-23-21-27-13-10-20-34-37(27)38(35)39-36(42)24-22-32-31-18-7-8-19-33(31)41(34,40(32)39)29-15-5-2-6-16-29/h1-25H. The second-order valence-electron chi connectivity index (χ2n) is 11.7. The summed E-state index contributed by atoms with van der Waals surface area (Å²) in [5, 5.41) is 5.44. The molecule has 10 rings (SSSR count). The number of fused-ring (bicyclic) bond motifs is 4. The van der Waals surface area contributed by atoms with Crippen molar-refractivity contribution >= 4 is 32.6 Å². The maximum atomic E-state index is 2.50. The van der Waals surface area contributed by atoms with Gasteiger partial charge in [-0.2, -0.15) is 0 Å². The SMILES string of the molecule is c1ccc(-c2cccc(-n3c4ccc5c6c4c4c7c(cccc7ccc43)C6(c3ccccc3)c3ccccc3-5)c2)cc1. The number of aromatic nitrogens is 1. The third kappa shape index (κ3) is 2.56. The monoisotopic (exact) mass is 531 g/mol. The largest absolute Gasteiger partial charge is 0.309 e. The fourth-order valence-corrected chi connectivity index (χ4v) is 8.23. The minimum absolute atomic E-state index is 0.369. The quantitative estimate of drug-likeness (QED) is 0.214. The molecular formula is C41H25N. The van der Waals surface area contributed by atoms with E-state index in [1.54, 1.807) is 0 Å². The first-order valence-corrected chi connectivity index (χ1v) is 14.7. The van der Waals surface area contributed by atoms with E-state index >= 15 is 0 Å². The molecule has 0 fully saturated rings. The van der Waals surface area contributed by atoms with Crippen LogP contribution in [0.5, 0.6) is 0 Å². The Morgan fingerprint density at radius 2 is 1.12 bits per heavy atom. The van der Waals surface area contributed by atoms with Gasteiger partial charge < -0.3 is 4.57 Å². The molecule has 0 radical (unpaired) electrons. The summed E-state index contributed by atoms with van der Waals surface area (Å²) in [7, 11) is 0. The second-order valence-corrected chi connectivity index (χ2v) is 11.7. The smallest absolute Gasteiger partial charge is 0.0726 e. The number of hydrogen-bond acceptors (Lipinski definition) is 0. The fourth-order valence-electron chi connectivity index (χ4n) is 8.23. The lowest BCUT2D eigenvalue weighted by atomic mass is 9.63. The first kappa shape index (κ1) is 22.3. The molecule has 0 saturated heterocycles. The average Bonchev–Trinajstić information content (AvgIpc) is 3.57. The third-order valence-corrected chi connectivity index (χ3v) is 9.76. The summed E-state index contributed by atoms with van der Waals surface area (Å²) < 4.78 is 2.50. The summed E-state index contributed by atoms with van der Waals surface area (Å²) >= 11 is 0. The lowest BCUT2D eigenvalue weighted by molar-refractivity contribution is 0.782. The van der Waals surface area contributed by atoms with E-state index in [0.717, 1.165) is 0 Å². The second kappa shape index (κ2) is 7.87. The highest BCUT2D eigenvalue weighted by Gasteiger charge is 2.50. The predicted molar refractivity (Wildman–Crippen MR) is 175 cm³/mol. The van der Waals surface area contributed by atoms with Gasteiger partial charge in [0.15, 0.2) is 0 Å². The normalized spacial score (nSPS) is 16.2. The van der Waals surface area contributed by atoms with E-state index in [1.165, 1.54) is 82.8 Å². The van der Waals surface area contributed by atoms with Crippen molar-refractivity contribution in [1.29, 1.82) is 0 Å². The van der Waals surface area contributed by atoms with Crippen LogP contribution in [0.4, 0.5) is 0 Å². The highest BCUT2D eigenvalue weighted by atomic mass is 15.0. The Morgan fingerprint density at radius 1 is 0.429 bits per heavy atom. The molecule has 0 N–H and O–H groups in total. The van der Waals surface area contributed by atoms with E-state index < -0.39 is 0 Å². The number of benzene rings is 7. The first-order chi connectivity index (χ1) is 20.9. The molecule has 1 heteroatoms. The van der Waals surface area contributed by atoms with Crippen LogP contribution in [0.25, 0.3) is 60.5 Å². The lowest BCUT2D eigenvalue weighted by Crippen LogP contribution is -2.30. The summed E-state index contributed by atoms with van der Waals surface area (Å²) in [5.74, 6) is 0. The van der Waals surface area contributed by atoms with Gasteiger partial charge in [0.25, 0.3) is 0 Å². The van der Waals surface area contributed by atoms with Gasteiger partial charge in [-0.25, -0.2) is 0 Å². The Balaban J connectivity index is 1.42. The highest BCUT2D eigenvalue weighted by molar-refractivity contribution is 6.27. The minimum atomic E-state index is -0.369. The molecule has 1 heterocycles. The maximum Gasteiger partial charge on any atom is 0.0726 e. The van der Waals surface area contributed by atoms with E-state index in [9.17, 15) is 0 Å². The molecule has 7 aromatic carbocycles. The molecule has 2 aliphatic rings. The summed E-state index contributed by atoms with van der Waals surface area (Å²) in [6.45, 7) is 0. The van der Waals surface area contributed by atoms with Crippen molar-refractivity contribution in [3.8, 4) is 27.9 Å². The zero-order valence-electron chi connectivity index (χ0n) is 22.9. The van der Waals surface area contributed by atoms with Gasteiger partial charge in [0, 0.05) is 16.5 Å². The number of hydrogen-bond donors (Lipinski definition) is 0. The van der Waals surface area contributed by atoms with Crippen molar-refractivity contribution in [2.24, 2.45) is 0 Å². The average molecular weight is 532 g/mol. The molecule has 0 saturated carbocycles. The highest BCUT2D eigenvalue weighted by Crippen LogP contribution is 2.63. The van der Waals surface area contributed by atoms with Crippen LogP contribution < -0.4 is 0 Å². The summed E-state index contributed by atoms with van der Waals surface area (Å²) in [6.07, 6.45) is 0. The molecule has 0 bridgehead atoms. The molecule has 2 aliphatic carbocycles. The Bertz CT molecular complexity index is 2390. The van der Waals surface area contributed by atoms with Crippen molar-refractivity contribution in [2.45, 2.75) is 5.41 Å². The van der Waals surface area contributed by atoms with Crippen molar-refractivity contribution in [2.75, 3.05) is 0 Å².